The van der Waals surface area contributed by atoms with E-state index in [9.17, 15) is 5.11 Å². The van der Waals surface area contributed by atoms with Crippen molar-refractivity contribution in [3.63, 3.8) is 0 Å². The minimum Gasteiger partial charge on any atom is -0.508 e. The van der Waals surface area contributed by atoms with E-state index in [-0.39, 0.29) is 11.5 Å². The second kappa shape index (κ2) is 4.82. The van der Waals surface area contributed by atoms with Crippen LogP contribution in [0.15, 0.2) is 18.2 Å². The Balaban J connectivity index is 2.05. The van der Waals surface area contributed by atoms with E-state index in [0.717, 1.165) is 12.8 Å². The highest BCUT2D eigenvalue weighted by atomic mass is 16.3. The molecule has 2 bridgehead atoms. The Kier molecular flexibility index (Phi) is 3.30. The molecule has 3 unspecified atom stereocenters. The Morgan fingerprint density at radius 3 is 2.89 bits per heavy atom. The van der Waals surface area contributed by atoms with Crippen LogP contribution in [0, 0.1) is 5.41 Å². The first-order valence-corrected chi connectivity index (χ1v) is 7.67. The largest absolute Gasteiger partial charge is 0.508 e. The first kappa shape index (κ1) is 13.0. The zero-order chi connectivity index (χ0) is 13.5. The molecule has 2 aliphatic rings. The van der Waals surface area contributed by atoms with Crippen molar-refractivity contribution in [3.05, 3.63) is 29.3 Å². The second-order valence-corrected chi connectivity index (χ2v) is 6.77. The molecular formula is C17H25NO. The normalized spacial score (nSPS) is 34.8. The molecule has 0 saturated heterocycles. The standard InChI is InChI=1S/C17H25NO/c1-17-9-4-2-3-5-15(16(17)18)14-7-6-13(19)11-12(14)8-10-17/h6-7,11,15-16,19H,2-5,8-10,18H2,1H3. The van der Waals surface area contributed by atoms with Crippen molar-refractivity contribution in [2.45, 2.75) is 63.8 Å². The molecule has 2 nitrogen and oxygen atoms in total. The fourth-order valence-corrected chi connectivity index (χ4v) is 4.13. The Bertz CT molecular complexity index is 470. The lowest BCUT2D eigenvalue weighted by molar-refractivity contribution is 0.172. The zero-order valence-electron chi connectivity index (χ0n) is 11.9. The predicted octanol–water partition coefficient (Wildman–Crippen LogP) is 3.72. The Hall–Kier alpha value is -1.02. The average Bonchev–Trinajstić information content (AvgIpc) is 2.50. The topological polar surface area (TPSA) is 46.2 Å². The fraction of sp³-hybridized carbons (Fsp3) is 0.647. The van der Waals surface area contributed by atoms with Gasteiger partial charge in [0.15, 0.2) is 0 Å². The quantitative estimate of drug-likeness (QED) is 0.746. The molecule has 104 valence electrons. The maximum absolute atomic E-state index is 9.73. The lowest BCUT2D eigenvalue weighted by atomic mass is 9.68. The Labute approximate surface area is 116 Å². The van der Waals surface area contributed by atoms with Gasteiger partial charge in [-0.2, -0.15) is 0 Å². The van der Waals surface area contributed by atoms with Gasteiger partial charge in [0.2, 0.25) is 0 Å². The molecule has 0 spiro atoms. The molecule has 3 atom stereocenters. The Morgan fingerprint density at radius 2 is 2.05 bits per heavy atom. The van der Waals surface area contributed by atoms with E-state index in [0.29, 0.717) is 11.7 Å². The molecule has 2 heteroatoms. The molecule has 0 aromatic heterocycles. The molecule has 3 rings (SSSR count). The molecule has 1 fully saturated rings. The SMILES string of the molecule is CC12CCCCCC(c3ccc(O)cc3CC1)C2N. The van der Waals surface area contributed by atoms with Gasteiger partial charge >= 0.3 is 0 Å². The van der Waals surface area contributed by atoms with Gasteiger partial charge in [-0.15, -0.1) is 0 Å². The van der Waals surface area contributed by atoms with Crippen LogP contribution < -0.4 is 5.73 Å². The summed E-state index contributed by atoms with van der Waals surface area (Å²) < 4.78 is 0. The van der Waals surface area contributed by atoms with Crippen LogP contribution in [-0.4, -0.2) is 11.1 Å². The van der Waals surface area contributed by atoms with Gasteiger partial charge in [0.05, 0.1) is 0 Å². The van der Waals surface area contributed by atoms with Gasteiger partial charge in [0, 0.05) is 6.04 Å². The molecule has 0 heterocycles. The van der Waals surface area contributed by atoms with Gasteiger partial charge in [-0.3, -0.25) is 0 Å². The van der Waals surface area contributed by atoms with E-state index in [1.807, 2.05) is 12.1 Å². The highest BCUT2D eigenvalue weighted by molar-refractivity contribution is 5.39. The third kappa shape index (κ3) is 2.27. The summed E-state index contributed by atoms with van der Waals surface area (Å²) in [6.07, 6.45) is 8.62. The third-order valence-electron chi connectivity index (χ3n) is 5.49. The van der Waals surface area contributed by atoms with Crippen molar-refractivity contribution in [2.75, 3.05) is 0 Å². The highest BCUT2D eigenvalue weighted by Gasteiger charge is 2.40. The number of phenolic OH excluding ortho intramolecular Hbond substituents is 1. The van der Waals surface area contributed by atoms with Crippen molar-refractivity contribution >= 4 is 0 Å². The summed E-state index contributed by atoms with van der Waals surface area (Å²) in [7, 11) is 0. The molecule has 2 aliphatic carbocycles. The summed E-state index contributed by atoms with van der Waals surface area (Å²) in [5.41, 5.74) is 9.67. The minimum absolute atomic E-state index is 0.263. The van der Waals surface area contributed by atoms with E-state index in [2.05, 4.69) is 13.0 Å². The van der Waals surface area contributed by atoms with Crippen molar-refractivity contribution < 1.29 is 5.11 Å². The molecule has 1 saturated carbocycles. The molecule has 3 N–H and O–H groups in total. The van der Waals surface area contributed by atoms with Gasteiger partial charge in [-0.05, 0) is 60.3 Å². The van der Waals surface area contributed by atoms with Crippen LogP contribution in [0.5, 0.6) is 5.75 Å². The van der Waals surface area contributed by atoms with E-state index >= 15 is 0 Å². The van der Waals surface area contributed by atoms with E-state index in [1.165, 1.54) is 43.2 Å². The molecule has 19 heavy (non-hydrogen) atoms. The van der Waals surface area contributed by atoms with Crippen LogP contribution in [0.4, 0.5) is 0 Å². The van der Waals surface area contributed by atoms with Crippen molar-refractivity contribution in [2.24, 2.45) is 11.1 Å². The average molecular weight is 259 g/mol. The number of aromatic hydroxyl groups is 1. The summed E-state index contributed by atoms with van der Waals surface area (Å²) in [5.74, 6) is 0.868. The van der Waals surface area contributed by atoms with E-state index < -0.39 is 0 Å². The summed E-state index contributed by atoms with van der Waals surface area (Å²) in [6, 6.07) is 6.16. The van der Waals surface area contributed by atoms with Crippen LogP contribution in [0.25, 0.3) is 0 Å². The molecule has 1 aromatic rings. The molecule has 0 aliphatic heterocycles. The number of phenols is 1. The van der Waals surface area contributed by atoms with Crippen molar-refractivity contribution in [1.82, 2.24) is 0 Å². The minimum atomic E-state index is 0.263. The number of nitrogens with two attached hydrogens (primary N) is 1. The maximum atomic E-state index is 9.73. The number of rotatable bonds is 0. The lowest BCUT2D eigenvalue weighted by Gasteiger charge is -2.40. The second-order valence-electron chi connectivity index (χ2n) is 6.77. The number of aryl methyl sites for hydroxylation is 1. The van der Waals surface area contributed by atoms with Gasteiger partial charge < -0.3 is 10.8 Å². The van der Waals surface area contributed by atoms with Crippen molar-refractivity contribution in [3.8, 4) is 5.75 Å². The summed E-state index contributed by atoms with van der Waals surface area (Å²) in [5, 5.41) is 9.73. The molecule has 0 amide bonds. The van der Waals surface area contributed by atoms with Gasteiger partial charge in [0.25, 0.3) is 0 Å². The molecule has 0 radical (unpaired) electrons. The van der Waals surface area contributed by atoms with Crippen LogP contribution >= 0.6 is 0 Å². The number of hydrogen-bond acceptors (Lipinski definition) is 2. The predicted molar refractivity (Wildman–Crippen MR) is 78.3 cm³/mol. The number of hydrogen-bond donors (Lipinski definition) is 2. The van der Waals surface area contributed by atoms with Gasteiger partial charge in [-0.25, -0.2) is 0 Å². The van der Waals surface area contributed by atoms with Gasteiger partial charge in [0.1, 0.15) is 5.75 Å². The first-order valence-electron chi connectivity index (χ1n) is 7.67. The highest BCUT2D eigenvalue weighted by Crippen LogP contribution is 2.47. The Morgan fingerprint density at radius 1 is 1.21 bits per heavy atom. The number of benzene rings is 1. The maximum Gasteiger partial charge on any atom is 0.115 e. The monoisotopic (exact) mass is 259 g/mol. The van der Waals surface area contributed by atoms with E-state index in [1.54, 1.807) is 0 Å². The van der Waals surface area contributed by atoms with Crippen LogP contribution in [-0.2, 0) is 6.42 Å². The van der Waals surface area contributed by atoms with Crippen molar-refractivity contribution in [1.29, 1.82) is 0 Å². The lowest BCUT2D eigenvalue weighted by Crippen LogP contribution is -2.44. The van der Waals surface area contributed by atoms with Crippen LogP contribution in [0.1, 0.15) is 62.5 Å². The van der Waals surface area contributed by atoms with Crippen LogP contribution in [0.3, 0.4) is 0 Å². The molecule has 1 aromatic carbocycles. The number of fused-ring (bicyclic) bond motifs is 4. The summed E-state index contributed by atoms with van der Waals surface area (Å²) in [6.45, 7) is 2.38. The van der Waals surface area contributed by atoms with Crippen LogP contribution in [0.2, 0.25) is 0 Å². The summed E-state index contributed by atoms with van der Waals surface area (Å²) in [4.78, 5) is 0. The first-order chi connectivity index (χ1) is 9.10. The smallest absolute Gasteiger partial charge is 0.115 e. The molecular weight excluding hydrogens is 234 g/mol. The third-order valence-corrected chi connectivity index (χ3v) is 5.49. The summed E-state index contributed by atoms with van der Waals surface area (Å²) >= 11 is 0. The van der Waals surface area contributed by atoms with Gasteiger partial charge in [-0.1, -0.05) is 32.3 Å². The van der Waals surface area contributed by atoms with E-state index in [4.69, 9.17) is 5.73 Å². The zero-order valence-corrected chi connectivity index (χ0v) is 11.9. The fourth-order valence-electron chi connectivity index (χ4n) is 4.13.